The number of rotatable bonds is 5. The minimum atomic E-state index is 0.440. The molecule has 0 aliphatic heterocycles. The van der Waals surface area contributed by atoms with E-state index in [1.54, 1.807) is 0 Å². The van der Waals surface area contributed by atoms with Crippen LogP contribution in [-0.4, -0.2) is 34.5 Å². The summed E-state index contributed by atoms with van der Waals surface area (Å²) in [6, 6.07) is 42.4. The zero-order valence-corrected chi connectivity index (χ0v) is 25.6. The van der Waals surface area contributed by atoms with Crippen molar-refractivity contribution in [3.05, 3.63) is 139 Å². The standard InChI is InChI=1S/C39H26N8/c1-24-41-25(2)43-38(42-24)28-17-20-35-33(22-28)32-15-9-10-16-34(32)47(35)30-18-19-31(29(21-30)23-40)39-45-36(26-11-5-3-6-12-26)44-37(46-39)27-13-7-4-8-14-27/h3-22H,1-2H3. The largest absolute Gasteiger partial charge is 0.309 e. The molecule has 8 aromatic rings. The first-order valence-corrected chi connectivity index (χ1v) is 15.2. The molecule has 0 fully saturated rings. The maximum absolute atomic E-state index is 10.5. The SMILES string of the molecule is Cc1nc(C)nc(-c2ccc3c(c2)c2ccccc2n3-c2ccc(-c3nc(-c4ccccc4)nc(-c4ccccc4)n3)c(C#N)c2)n1. The monoisotopic (exact) mass is 606 g/mol. The van der Waals surface area contributed by atoms with E-state index in [2.05, 4.69) is 49.9 Å². The van der Waals surface area contributed by atoms with Crippen molar-refractivity contribution in [3.8, 4) is 57.3 Å². The molecule has 0 atom stereocenters. The van der Waals surface area contributed by atoms with Gasteiger partial charge in [-0.3, -0.25) is 0 Å². The lowest BCUT2D eigenvalue weighted by atomic mass is 10.1. The summed E-state index contributed by atoms with van der Waals surface area (Å²) in [6.45, 7) is 3.75. The number of aromatic nitrogens is 7. The van der Waals surface area contributed by atoms with Gasteiger partial charge in [0.2, 0.25) is 0 Å². The van der Waals surface area contributed by atoms with Crippen molar-refractivity contribution in [2.24, 2.45) is 0 Å². The molecule has 0 spiro atoms. The Labute approximate surface area is 270 Å². The third-order valence-electron chi connectivity index (χ3n) is 8.11. The molecule has 0 saturated heterocycles. The predicted molar refractivity (Wildman–Crippen MR) is 183 cm³/mol. The quantitative estimate of drug-likeness (QED) is 0.194. The Hall–Kier alpha value is -6.59. The van der Waals surface area contributed by atoms with Crippen LogP contribution in [-0.2, 0) is 0 Å². The third kappa shape index (κ3) is 5.06. The van der Waals surface area contributed by atoms with E-state index in [1.807, 2.05) is 111 Å². The molecular weight excluding hydrogens is 580 g/mol. The van der Waals surface area contributed by atoms with Crippen molar-refractivity contribution >= 4 is 21.8 Å². The van der Waals surface area contributed by atoms with Gasteiger partial charge in [-0.1, -0.05) is 78.9 Å². The lowest BCUT2D eigenvalue weighted by Gasteiger charge is -2.12. The van der Waals surface area contributed by atoms with E-state index in [0.29, 0.717) is 46.1 Å². The van der Waals surface area contributed by atoms with E-state index in [9.17, 15) is 5.26 Å². The molecule has 8 rings (SSSR count). The Morgan fingerprint density at radius 3 is 1.72 bits per heavy atom. The predicted octanol–water partition coefficient (Wildman–Crippen LogP) is 8.31. The molecule has 3 heterocycles. The van der Waals surface area contributed by atoms with Gasteiger partial charge in [0.1, 0.15) is 11.6 Å². The van der Waals surface area contributed by atoms with E-state index in [1.165, 1.54) is 0 Å². The van der Waals surface area contributed by atoms with Gasteiger partial charge in [0.25, 0.3) is 0 Å². The molecular formula is C39H26N8. The summed E-state index contributed by atoms with van der Waals surface area (Å²) in [6.07, 6.45) is 0. The Morgan fingerprint density at radius 2 is 1.06 bits per heavy atom. The summed E-state index contributed by atoms with van der Waals surface area (Å²) in [5.41, 5.74) is 6.65. The summed E-state index contributed by atoms with van der Waals surface area (Å²) in [5.74, 6) is 3.55. The van der Waals surface area contributed by atoms with Crippen LogP contribution in [0.15, 0.2) is 121 Å². The fraction of sp³-hybridized carbons (Fsp3) is 0.0513. The van der Waals surface area contributed by atoms with Gasteiger partial charge >= 0.3 is 0 Å². The zero-order chi connectivity index (χ0) is 31.9. The number of para-hydroxylation sites is 1. The van der Waals surface area contributed by atoms with E-state index in [4.69, 9.17) is 15.0 Å². The van der Waals surface area contributed by atoms with Crippen LogP contribution in [0.1, 0.15) is 17.2 Å². The van der Waals surface area contributed by atoms with Crippen LogP contribution >= 0.6 is 0 Å². The van der Waals surface area contributed by atoms with Crippen molar-refractivity contribution in [1.82, 2.24) is 34.5 Å². The minimum Gasteiger partial charge on any atom is -0.309 e. The van der Waals surface area contributed by atoms with Crippen LogP contribution in [0.2, 0.25) is 0 Å². The highest BCUT2D eigenvalue weighted by Gasteiger charge is 2.18. The molecule has 5 aromatic carbocycles. The van der Waals surface area contributed by atoms with Crippen LogP contribution in [0.3, 0.4) is 0 Å². The summed E-state index contributed by atoms with van der Waals surface area (Å²) in [4.78, 5) is 28.0. The molecule has 47 heavy (non-hydrogen) atoms. The number of nitriles is 1. The summed E-state index contributed by atoms with van der Waals surface area (Å²) in [5, 5.41) is 12.6. The van der Waals surface area contributed by atoms with Gasteiger partial charge in [-0.2, -0.15) is 5.26 Å². The number of hydrogen-bond donors (Lipinski definition) is 0. The second-order valence-electron chi connectivity index (χ2n) is 11.2. The molecule has 0 unspecified atom stereocenters. The van der Waals surface area contributed by atoms with E-state index >= 15 is 0 Å². The second-order valence-corrected chi connectivity index (χ2v) is 11.2. The topological polar surface area (TPSA) is 106 Å². The summed E-state index contributed by atoms with van der Waals surface area (Å²) >= 11 is 0. The van der Waals surface area contributed by atoms with Gasteiger partial charge in [0.05, 0.1) is 22.7 Å². The van der Waals surface area contributed by atoms with Crippen LogP contribution in [0.4, 0.5) is 0 Å². The second kappa shape index (κ2) is 11.4. The van der Waals surface area contributed by atoms with Crippen molar-refractivity contribution in [1.29, 1.82) is 5.26 Å². The molecule has 0 bridgehead atoms. The van der Waals surface area contributed by atoms with Crippen LogP contribution < -0.4 is 0 Å². The fourth-order valence-corrected chi connectivity index (χ4v) is 6.02. The van der Waals surface area contributed by atoms with Gasteiger partial charge in [-0.15, -0.1) is 0 Å². The number of benzene rings is 5. The van der Waals surface area contributed by atoms with Crippen LogP contribution in [0.5, 0.6) is 0 Å². The van der Waals surface area contributed by atoms with Gasteiger partial charge in [0.15, 0.2) is 23.3 Å². The van der Waals surface area contributed by atoms with Crippen LogP contribution in [0, 0.1) is 25.2 Å². The van der Waals surface area contributed by atoms with Gasteiger partial charge < -0.3 is 4.57 Å². The lowest BCUT2D eigenvalue weighted by molar-refractivity contribution is 0.929. The first kappa shape index (κ1) is 27.9. The van der Waals surface area contributed by atoms with Gasteiger partial charge in [-0.05, 0) is 56.3 Å². The maximum Gasteiger partial charge on any atom is 0.165 e. The highest BCUT2D eigenvalue weighted by Crippen LogP contribution is 2.36. The minimum absolute atomic E-state index is 0.440. The highest BCUT2D eigenvalue weighted by atomic mass is 15.0. The summed E-state index contributed by atoms with van der Waals surface area (Å²) in [7, 11) is 0. The Morgan fingerprint density at radius 1 is 0.489 bits per heavy atom. The van der Waals surface area contributed by atoms with Gasteiger partial charge in [0, 0.05) is 38.7 Å². The molecule has 0 radical (unpaired) electrons. The van der Waals surface area contributed by atoms with Crippen molar-refractivity contribution in [2.75, 3.05) is 0 Å². The molecule has 0 N–H and O–H groups in total. The lowest BCUT2D eigenvalue weighted by Crippen LogP contribution is -2.02. The average Bonchev–Trinajstić information content (AvgIpc) is 3.45. The van der Waals surface area contributed by atoms with Gasteiger partial charge in [-0.25, -0.2) is 29.9 Å². The third-order valence-corrected chi connectivity index (χ3v) is 8.11. The van der Waals surface area contributed by atoms with Crippen molar-refractivity contribution in [3.63, 3.8) is 0 Å². The number of aryl methyl sites for hydroxylation is 2. The van der Waals surface area contributed by atoms with Crippen molar-refractivity contribution in [2.45, 2.75) is 13.8 Å². The van der Waals surface area contributed by atoms with Crippen molar-refractivity contribution < 1.29 is 0 Å². The summed E-state index contributed by atoms with van der Waals surface area (Å²) < 4.78 is 2.18. The van der Waals surface area contributed by atoms with E-state index < -0.39 is 0 Å². The smallest absolute Gasteiger partial charge is 0.165 e. The fourth-order valence-electron chi connectivity index (χ4n) is 6.02. The number of nitrogens with zero attached hydrogens (tertiary/aromatic N) is 8. The number of hydrogen-bond acceptors (Lipinski definition) is 7. The Balaban J connectivity index is 1.29. The molecule has 0 amide bonds. The first-order chi connectivity index (χ1) is 23.1. The van der Waals surface area contributed by atoms with Crippen LogP contribution in [0.25, 0.3) is 73.0 Å². The molecule has 8 heteroatoms. The first-order valence-electron chi connectivity index (χ1n) is 15.2. The van der Waals surface area contributed by atoms with E-state index in [0.717, 1.165) is 44.2 Å². The molecule has 0 aliphatic rings. The highest BCUT2D eigenvalue weighted by molar-refractivity contribution is 6.10. The molecule has 0 aliphatic carbocycles. The normalized spacial score (nSPS) is 11.2. The Kier molecular flexibility index (Phi) is 6.77. The Bertz CT molecular complexity index is 2420. The average molecular weight is 607 g/mol. The van der Waals surface area contributed by atoms with E-state index in [-0.39, 0.29) is 0 Å². The molecule has 0 saturated carbocycles. The molecule has 222 valence electrons. The molecule has 8 nitrogen and oxygen atoms in total. The number of fused-ring (bicyclic) bond motifs is 3. The maximum atomic E-state index is 10.5. The molecule has 3 aromatic heterocycles. The zero-order valence-electron chi connectivity index (χ0n) is 25.6.